The molecule has 0 heterocycles. The van der Waals surface area contributed by atoms with Crippen LogP contribution in [-0.4, -0.2) is 5.91 Å². The fraction of sp³-hybridized carbons (Fsp3) is 0.438. The van der Waals surface area contributed by atoms with Crippen molar-refractivity contribution in [2.75, 3.05) is 5.32 Å². The SMILES string of the molecule is O=C(Nc1ccc(F)cc1)C1[C@H]2CCC=CCC[C@@H]12. The van der Waals surface area contributed by atoms with E-state index >= 15 is 0 Å². The molecule has 1 N–H and O–H groups in total. The van der Waals surface area contributed by atoms with E-state index < -0.39 is 0 Å². The van der Waals surface area contributed by atoms with Crippen molar-refractivity contribution in [1.82, 2.24) is 0 Å². The van der Waals surface area contributed by atoms with Gasteiger partial charge in [0.2, 0.25) is 5.91 Å². The minimum absolute atomic E-state index is 0.100. The van der Waals surface area contributed by atoms with Gasteiger partial charge in [0.15, 0.2) is 0 Å². The van der Waals surface area contributed by atoms with Crippen LogP contribution >= 0.6 is 0 Å². The van der Waals surface area contributed by atoms with Crippen molar-refractivity contribution in [1.29, 1.82) is 0 Å². The lowest BCUT2D eigenvalue weighted by atomic mass is 10.1. The number of hydrogen-bond acceptors (Lipinski definition) is 1. The zero-order valence-electron chi connectivity index (χ0n) is 10.8. The average molecular weight is 259 g/mol. The Bertz CT molecular complexity index is 478. The number of halogens is 1. The molecule has 100 valence electrons. The van der Waals surface area contributed by atoms with Gasteiger partial charge in [-0.05, 0) is 61.8 Å². The van der Waals surface area contributed by atoms with Gasteiger partial charge in [0.1, 0.15) is 5.82 Å². The van der Waals surface area contributed by atoms with Crippen molar-refractivity contribution < 1.29 is 9.18 Å². The zero-order chi connectivity index (χ0) is 13.2. The second-order valence-corrected chi connectivity index (χ2v) is 5.48. The summed E-state index contributed by atoms with van der Waals surface area (Å²) in [6.45, 7) is 0. The topological polar surface area (TPSA) is 29.1 Å². The summed E-state index contributed by atoms with van der Waals surface area (Å²) in [4.78, 5) is 12.2. The Balaban J connectivity index is 1.61. The molecule has 1 unspecified atom stereocenters. The van der Waals surface area contributed by atoms with Crippen LogP contribution in [0.1, 0.15) is 25.7 Å². The minimum Gasteiger partial charge on any atom is -0.326 e. The highest BCUT2D eigenvalue weighted by Crippen LogP contribution is 2.53. The third-order valence-corrected chi connectivity index (χ3v) is 4.25. The van der Waals surface area contributed by atoms with Crippen LogP contribution in [0.5, 0.6) is 0 Å². The summed E-state index contributed by atoms with van der Waals surface area (Å²) in [7, 11) is 0. The lowest BCUT2D eigenvalue weighted by Crippen LogP contribution is -2.15. The number of amides is 1. The third kappa shape index (κ3) is 2.70. The van der Waals surface area contributed by atoms with Crippen LogP contribution < -0.4 is 5.32 Å². The molecule has 19 heavy (non-hydrogen) atoms. The lowest BCUT2D eigenvalue weighted by molar-refractivity contribution is -0.117. The summed E-state index contributed by atoms with van der Waals surface area (Å²) in [5.41, 5.74) is 0.684. The summed E-state index contributed by atoms with van der Waals surface area (Å²) in [5.74, 6) is 1.07. The highest BCUT2D eigenvalue weighted by molar-refractivity contribution is 5.94. The molecule has 2 nitrogen and oxygen atoms in total. The van der Waals surface area contributed by atoms with Crippen LogP contribution in [0.25, 0.3) is 0 Å². The van der Waals surface area contributed by atoms with E-state index in [-0.39, 0.29) is 17.6 Å². The number of allylic oxidation sites excluding steroid dienone is 2. The van der Waals surface area contributed by atoms with Crippen molar-refractivity contribution in [2.45, 2.75) is 25.7 Å². The number of fused-ring (bicyclic) bond motifs is 1. The van der Waals surface area contributed by atoms with Gasteiger partial charge in [-0.3, -0.25) is 4.79 Å². The Morgan fingerprint density at radius 1 is 1.05 bits per heavy atom. The summed E-state index contributed by atoms with van der Waals surface area (Å²) in [6.07, 6.45) is 8.85. The Hall–Kier alpha value is -1.64. The Kier molecular flexibility index (Phi) is 3.36. The molecule has 2 aliphatic carbocycles. The van der Waals surface area contributed by atoms with Gasteiger partial charge in [-0.2, -0.15) is 0 Å². The molecule has 1 saturated carbocycles. The number of nitrogens with one attached hydrogen (secondary N) is 1. The van der Waals surface area contributed by atoms with E-state index in [2.05, 4.69) is 17.5 Å². The molecule has 2 aliphatic rings. The van der Waals surface area contributed by atoms with Gasteiger partial charge in [-0.25, -0.2) is 4.39 Å². The van der Waals surface area contributed by atoms with Gasteiger partial charge in [-0.15, -0.1) is 0 Å². The van der Waals surface area contributed by atoms with Gasteiger partial charge < -0.3 is 5.32 Å². The predicted molar refractivity (Wildman–Crippen MR) is 73.1 cm³/mol. The maximum Gasteiger partial charge on any atom is 0.228 e. The normalized spacial score (nSPS) is 29.0. The predicted octanol–water partition coefficient (Wildman–Crippen LogP) is 3.76. The maximum atomic E-state index is 12.8. The molecule has 3 atom stereocenters. The fourth-order valence-electron chi connectivity index (χ4n) is 3.19. The molecule has 0 aromatic heterocycles. The first-order valence-corrected chi connectivity index (χ1v) is 6.97. The van der Waals surface area contributed by atoms with E-state index in [1.807, 2.05) is 0 Å². The van der Waals surface area contributed by atoms with Gasteiger partial charge in [0.05, 0.1) is 0 Å². The molecule has 1 amide bonds. The van der Waals surface area contributed by atoms with Gasteiger partial charge in [0, 0.05) is 11.6 Å². The minimum atomic E-state index is -0.280. The quantitative estimate of drug-likeness (QED) is 0.805. The van der Waals surface area contributed by atoms with Crippen LogP contribution in [0.15, 0.2) is 36.4 Å². The number of carbonyl (C=O) groups excluding carboxylic acids is 1. The van der Waals surface area contributed by atoms with Gasteiger partial charge >= 0.3 is 0 Å². The third-order valence-electron chi connectivity index (χ3n) is 4.25. The molecular weight excluding hydrogens is 241 g/mol. The van der Waals surface area contributed by atoms with E-state index in [9.17, 15) is 9.18 Å². The number of anilines is 1. The molecule has 3 rings (SSSR count). The van der Waals surface area contributed by atoms with E-state index in [0.717, 1.165) is 25.7 Å². The van der Waals surface area contributed by atoms with E-state index in [1.54, 1.807) is 12.1 Å². The monoisotopic (exact) mass is 259 g/mol. The Labute approximate surface area is 112 Å². The molecule has 0 bridgehead atoms. The first kappa shape index (κ1) is 12.4. The summed E-state index contributed by atoms with van der Waals surface area (Å²) in [5, 5.41) is 2.90. The van der Waals surface area contributed by atoms with Crippen LogP contribution in [0.4, 0.5) is 10.1 Å². The summed E-state index contributed by atoms with van der Waals surface area (Å²) in [6, 6.07) is 5.96. The largest absolute Gasteiger partial charge is 0.326 e. The average Bonchev–Trinajstić information content (AvgIpc) is 3.03. The standard InChI is InChI=1S/C16H18FNO/c17-11-7-9-12(10-8-11)18-16(19)15-13-5-3-1-2-4-6-14(13)15/h1-2,7-10,13-15H,3-6H2,(H,18,19)/t13-,14+,15?. The molecular formula is C16H18FNO. The molecule has 0 saturated heterocycles. The molecule has 1 aromatic rings. The number of carbonyl (C=O) groups is 1. The highest BCUT2D eigenvalue weighted by atomic mass is 19.1. The first-order valence-electron chi connectivity index (χ1n) is 6.97. The first-order chi connectivity index (χ1) is 9.25. The van der Waals surface area contributed by atoms with E-state index in [0.29, 0.717) is 17.5 Å². The zero-order valence-corrected chi connectivity index (χ0v) is 10.8. The van der Waals surface area contributed by atoms with E-state index in [1.165, 1.54) is 12.1 Å². The van der Waals surface area contributed by atoms with Gasteiger partial charge in [-0.1, -0.05) is 12.2 Å². The fourth-order valence-corrected chi connectivity index (χ4v) is 3.19. The number of hydrogen-bond donors (Lipinski definition) is 1. The summed E-state index contributed by atoms with van der Waals surface area (Å²) < 4.78 is 12.8. The lowest BCUT2D eigenvalue weighted by Gasteiger charge is -2.04. The summed E-state index contributed by atoms with van der Waals surface area (Å²) >= 11 is 0. The highest BCUT2D eigenvalue weighted by Gasteiger charge is 2.53. The van der Waals surface area contributed by atoms with Crippen LogP contribution in [-0.2, 0) is 4.79 Å². The van der Waals surface area contributed by atoms with E-state index in [4.69, 9.17) is 0 Å². The van der Waals surface area contributed by atoms with Crippen LogP contribution in [0, 0.1) is 23.6 Å². The van der Waals surface area contributed by atoms with Crippen LogP contribution in [0.3, 0.4) is 0 Å². The molecule has 0 aliphatic heterocycles. The van der Waals surface area contributed by atoms with Crippen LogP contribution in [0.2, 0.25) is 0 Å². The second kappa shape index (κ2) is 5.16. The second-order valence-electron chi connectivity index (χ2n) is 5.48. The molecule has 3 heteroatoms. The number of benzene rings is 1. The van der Waals surface area contributed by atoms with Crippen molar-refractivity contribution in [3.8, 4) is 0 Å². The maximum absolute atomic E-state index is 12.8. The van der Waals surface area contributed by atoms with Crippen molar-refractivity contribution >= 4 is 11.6 Å². The molecule has 1 aromatic carbocycles. The van der Waals surface area contributed by atoms with Crippen molar-refractivity contribution in [3.63, 3.8) is 0 Å². The Morgan fingerprint density at radius 3 is 2.21 bits per heavy atom. The molecule has 0 radical (unpaired) electrons. The number of rotatable bonds is 2. The molecule has 1 fully saturated rings. The Morgan fingerprint density at radius 2 is 1.63 bits per heavy atom. The van der Waals surface area contributed by atoms with Gasteiger partial charge in [0.25, 0.3) is 0 Å². The van der Waals surface area contributed by atoms with Crippen molar-refractivity contribution in [2.24, 2.45) is 17.8 Å². The smallest absolute Gasteiger partial charge is 0.228 e. The molecule has 0 spiro atoms. The van der Waals surface area contributed by atoms with Crippen molar-refractivity contribution in [3.05, 3.63) is 42.2 Å².